The lowest BCUT2D eigenvalue weighted by Gasteiger charge is -2.33. The third-order valence-corrected chi connectivity index (χ3v) is 5.69. The fraction of sp³-hybridized carbons (Fsp3) is 0.579. The molecule has 1 aromatic rings. The standard InChI is InChI=1S/C19H24N2O3/c22-18(16-9-11-20-10-5-4-8-17(16)20)21-15(13-24-19(21)23)12-14-6-2-1-3-7-14/h1-3,6-7,15-17H,4-5,8-13H2/t15-,16+,17+/m0/s1. The summed E-state index contributed by atoms with van der Waals surface area (Å²) in [4.78, 5) is 29.2. The van der Waals surface area contributed by atoms with E-state index in [9.17, 15) is 9.59 Å². The van der Waals surface area contributed by atoms with Crippen molar-refractivity contribution in [2.24, 2.45) is 5.92 Å². The van der Waals surface area contributed by atoms with Crippen LogP contribution in [-0.2, 0) is 16.0 Å². The van der Waals surface area contributed by atoms with Crippen molar-refractivity contribution < 1.29 is 14.3 Å². The zero-order valence-corrected chi connectivity index (χ0v) is 13.9. The van der Waals surface area contributed by atoms with Crippen LogP contribution in [0.5, 0.6) is 0 Å². The van der Waals surface area contributed by atoms with Gasteiger partial charge in [0, 0.05) is 6.04 Å². The predicted molar refractivity (Wildman–Crippen MR) is 89.4 cm³/mol. The minimum atomic E-state index is -0.463. The normalized spacial score (nSPS) is 30.2. The second kappa shape index (κ2) is 6.55. The minimum Gasteiger partial charge on any atom is -0.447 e. The highest BCUT2D eigenvalue weighted by molar-refractivity contribution is 5.95. The van der Waals surface area contributed by atoms with E-state index in [2.05, 4.69) is 4.90 Å². The first kappa shape index (κ1) is 15.6. The van der Waals surface area contributed by atoms with Gasteiger partial charge in [0.2, 0.25) is 5.91 Å². The SMILES string of the molecule is O=C1OC[C@H](Cc2ccccc2)N1C(=O)[C@@H]1CCN2CCCC[C@H]12. The van der Waals surface area contributed by atoms with E-state index < -0.39 is 6.09 Å². The van der Waals surface area contributed by atoms with E-state index in [1.54, 1.807) is 0 Å². The number of nitrogens with zero attached hydrogens (tertiary/aromatic N) is 2. The first-order valence-corrected chi connectivity index (χ1v) is 9.02. The van der Waals surface area contributed by atoms with Crippen molar-refractivity contribution in [1.82, 2.24) is 9.80 Å². The van der Waals surface area contributed by atoms with E-state index in [1.807, 2.05) is 30.3 Å². The van der Waals surface area contributed by atoms with Crippen LogP contribution in [0, 0.1) is 5.92 Å². The summed E-state index contributed by atoms with van der Waals surface area (Å²) < 4.78 is 5.22. The molecule has 24 heavy (non-hydrogen) atoms. The van der Waals surface area contributed by atoms with Crippen LogP contribution in [0.25, 0.3) is 0 Å². The van der Waals surface area contributed by atoms with E-state index in [0.29, 0.717) is 19.1 Å². The van der Waals surface area contributed by atoms with E-state index >= 15 is 0 Å². The van der Waals surface area contributed by atoms with Crippen molar-refractivity contribution in [2.75, 3.05) is 19.7 Å². The Morgan fingerprint density at radius 1 is 1.12 bits per heavy atom. The minimum absolute atomic E-state index is 0.0205. The molecule has 3 saturated heterocycles. The number of piperidine rings is 1. The van der Waals surface area contributed by atoms with Crippen molar-refractivity contribution in [3.8, 4) is 0 Å². The van der Waals surface area contributed by atoms with Gasteiger partial charge in [0.25, 0.3) is 0 Å². The van der Waals surface area contributed by atoms with Crippen LogP contribution in [0.15, 0.2) is 30.3 Å². The number of hydrogen-bond donors (Lipinski definition) is 0. The van der Waals surface area contributed by atoms with Crippen LogP contribution >= 0.6 is 0 Å². The number of imide groups is 1. The maximum atomic E-state index is 13.1. The Bertz CT molecular complexity index is 618. The molecule has 3 atom stereocenters. The maximum Gasteiger partial charge on any atom is 0.416 e. The molecule has 5 nitrogen and oxygen atoms in total. The van der Waals surface area contributed by atoms with Crippen LogP contribution in [0.2, 0.25) is 0 Å². The molecule has 0 saturated carbocycles. The van der Waals surface area contributed by atoms with E-state index in [-0.39, 0.29) is 17.9 Å². The van der Waals surface area contributed by atoms with Crippen molar-refractivity contribution in [2.45, 2.75) is 44.2 Å². The monoisotopic (exact) mass is 328 g/mol. The Morgan fingerprint density at radius 3 is 2.79 bits per heavy atom. The molecule has 0 N–H and O–H groups in total. The highest BCUT2D eigenvalue weighted by atomic mass is 16.6. The predicted octanol–water partition coefficient (Wildman–Crippen LogP) is 2.45. The molecule has 3 aliphatic rings. The maximum absolute atomic E-state index is 13.1. The van der Waals surface area contributed by atoms with Gasteiger partial charge >= 0.3 is 6.09 Å². The average Bonchev–Trinajstić information content (AvgIpc) is 3.19. The molecule has 128 valence electrons. The molecule has 5 heteroatoms. The molecule has 0 radical (unpaired) electrons. The van der Waals surface area contributed by atoms with Crippen LogP contribution in [0.1, 0.15) is 31.2 Å². The van der Waals surface area contributed by atoms with Crippen LogP contribution in [0.4, 0.5) is 4.79 Å². The summed E-state index contributed by atoms with van der Waals surface area (Å²) in [6.07, 6.45) is 4.55. The molecule has 0 bridgehead atoms. The van der Waals surface area contributed by atoms with Crippen LogP contribution in [-0.4, -0.2) is 53.6 Å². The lowest BCUT2D eigenvalue weighted by Crippen LogP contribution is -2.48. The Balaban J connectivity index is 1.50. The van der Waals surface area contributed by atoms with Gasteiger partial charge in [-0.1, -0.05) is 36.8 Å². The molecule has 2 amide bonds. The lowest BCUT2D eigenvalue weighted by molar-refractivity contribution is -0.134. The largest absolute Gasteiger partial charge is 0.447 e. The molecule has 3 fully saturated rings. The number of cyclic esters (lactones) is 1. The molecule has 3 aliphatic heterocycles. The molecular formula is C19H24N2O3. The third-order valence-electron chi connectivity index (χ3n) is 5.69. The van der Waals surface area contributed by atoms with Crippen molar-refractivity contribution in [3.05, 3.63) is 35.9 Å². The number of rotatable bonds is 3. The Hall–Kier alpha value is -1.88. The van der Waals surface area contributed by atoms with Gasteiger partial charge in [-0.2, -0.15) is 0 Å². The second-order valence-corrected chi connectivity index (χ2v) is 7.12. The molecule has 0 spiro atoms. The zero-order valence-electron chi connectivity index (χ0n) is 13.9. The Labute approximate surface area is 142 Å². The highest BCUT2D eigenvalue weighted by Gasteiger charge is 2.46. The second-order valence-electron chi connectivity index (χ2n) is 7.12. The summed E-state index contributed by atoms with van der Waals surface area (Å²) in [5.74, 6) is -0.0675. The summed E-state index contributed by atoms with van der Waals surface area (Å²) >= 11 is 0. The van der Waals surface area contributed by atoms with Crippen LogP contribution < -0.4 is 0 Å². The van der Waals surface area contributed by atoms with Gasteiger partial charge < -0.3 is 4.74 Å². The number of hydrogen-bond acceptors (Lipinski definition) is 4. The number of carbonyl (C=O) groups excluding carboxylic acids is 2. The van der Waals surface area contributed by atoms with Crippen molar-refractivity contribution in [1.29, 1.82) is 0 Å². The Morgan fingerprint density at radius 2 is 1.96 bits per heavy atom. The summed E-state index contributed by atoms with van der Waals surface area (Å²) in [5.41, 5.74) is 1.13. The molecule has 4 rings (SSSR count). The van der Waals surface area contributed by atoms with E-state index in [0.717, 1.165) is 31.5 Å². The quantitative estimate of drug-likeness (QED) is 0.855. The van der Waals surface area contributed by atoms with Gasteiger partial charge in [-0.05, 0) is 44.3 Å². The first-order chi connectivity index (χ1) is 11.7. The Kier molecular flexibility index (Phi) is 4.27. The average molecular weight is 328 g/mol. The number of benzene rings is 1. The molecular weight excluding hydrogens is 304 g/mol. The third kappa shape index (κ3) is 2.81. The molecule has 0 aliphatic carbocycles. The zero-order chi connectivity index (χ0) is 16.5. The van der Waals surface area contributed by atoms with Crippen LogP contribution in [0.3, 0.4) is 0 Å². The van der Waals surface area contributed by atoms with Gasteiger partial charge in [0.15, 0.2) is 0 Å². The van der Waals surface area contributed by atoms with E-state index in [4.69, 9.17) is 4.74 Å². The number of carbonyl (C=O) groups is 2. The van der Waals surface area contributed by atoms with Gasteiger partial charge in [-0.15, -0.1) is 0 Å². The molecule has 1 aromatic carbocycles. The molecule has 3 heterocycles. The first-order valence-electron chi connectivity index (χ1n) is 9.02. The summed E-state index contributed by atoms with van der Waals surface area (Å²) in [7, 11) is 0. The van der Waals surface area contributed by atoms with Gasteiger partial charge in [0.1, 0.15) is 6.61 Å². The van der Waals surface area contributed by atoms with Gasteiger partial charge in [-0.3, -0.25) is 9.69 Å². The van der Waals surface area contributed by atoms with Crippen molar-refractivity contribution in [3.63, 3.8) is 0 Å². The van der Waals surface area contributed by atoms with Crippen molar-refractivity contribution >= 4 is 12.0 Å². The highest BCUT2D eigenvalue weighted by Crippen LogP contribution is 2.34. The fourth-order valence-electron chi connectivity index (χ4n) is 4.48. The van der Waals surface area contributed by atoms with Gasteiger partial charge in [-0.25, -0.2) is 9.69 Å². The topological polar surface area (TPSA) is 49.9 Å². The van der Waals surface area contributed by atoms with E-state index in [1.165, 1.54) is 17.7 Å². The summed E-state index contributed by atoms with van der Waals surface area (Å²) in [6.45, 7) is 2.38. The lowest BCUT2D eigenvalue weighted by atomic mass is 9.91. The fourth-order valence-corrected chi connectivity index (χ4v) is 4.48. The number of ether oxygens (including phenoxy) is 1. The summed E-state index contributed by atoms with van der Waals surface area (Å²) in [5, 5.41) is 0. The number of amides is 2. The van der Waals surface area contributed by atoms with Gasteiger partial charge in [0.05, 0.1) is 12.0 Å². The summed E-state index contributed by atoms with van der Waals surface area (Å²) in [6, 6.07) is 10.1. The molecule has 0 aromatic heterocycles. The smallest absolute Gasteiger partial charge is 0.416 e. The number of fused-ring (bicyclic) bond motifs is 1. The molecule has 0 unspecified atom stereocenters.